The number of hydrogen-bond acceptors (Lipinski definition) is 6. The van der Waals surface area contributed by atoms with Gasteiger partial charge in [-0.1, -0.05) is 0 Å². The third kappa shape index (κ3) is 2.36. The Morgan fingerprint density at radius 2 is 2.10 bits per heavy atom. The van der Waals surface area contributed by atoms with Gasteiger partial charge in [0.15, 0.2) is 0 Å². The Kier molecular flexibility index (Phi) is 3.43. The molecule has 3 aliphatic heterocycles. The number of aromatic nitrogens is 2. The molecule has 3 aliphatic rings. The van der Waals surface area contributed by atoms with Gasteiger partial charge in [0.1, 0.15) is 5.82 Å². The maximum Gasteiger partial charge on any atom is 0.227 e. The van der Waals surface area contributed by atoms with E-state index in [2.05, 4.69) is 20.1 Å². The third-order valence-corrected chi connectivity index (χ3v) is 5.02. The minimum Gasteiger partial charge on any atom is -0.378 e. The van der Waals surface area contributed by atoms with Crippen molar-refractivity contribution in [2.75, 3.05) is 55.7 Å². The molecule has 4 heterocycles. The first-order valence-corrected chi connectivity index (χ1v) is 8.02. The topological polar surface area (TPSA) is 53.5 Å². The van der Waals surface area contributed by atoms with Crippen LogP contribution in [0, 0.1) is 0 Å². The van der Waals surface area contributed by atoms with Crippen LogP contribution in [0.3, 0.4) is 0 Å². The van der Waals surface area contributed by atoms with E-state index in [1.165, 1.54) is 19.3 Å². The Balaban J connectivity index is 1.60. The number of ether oxygens (including phenoxy) is 1. The molecule has 114 valence electrons. The monoisotopic (exact) mass is 289 g/mol. The van der Waals surface area contributed by atoms with Crippen molar-refractivity contribution in [2.45, 2.75) is 24.8 Å². The Bertz CT molecular complexity index is 491. The molecule has 3 fully saturated rings. The molecule has 1 N–H and O–H groups in total. The van der Waals surface area contributed by atoms with E-state index in [0.717, 1.165) is 57.7 Å². The molecular weight excluding hydrogens is 266 g/mol. The molecule has 4 rings (SSSR count). The average molecular weight is 289 g/mol. The van der Waals surface area contributed by atoms with Crippen molar-refractivity contribution in [3.8, 4) is 0 Å². The predicted octanol–water partition coefficient (Wildman–Crippen LogP) is 0.646. The first kappa shape index (κ1) is 13.3. The summed E-state index contributed by atoms with van der Waals surface area (Å²) >= 11 is 0. The molecule has 1 spiro atoms. The summed E-state index contributed by atoms with van der Waals surface area (Å²) in [4.78, 5) is 14.2. The average Bonchev–Trinajstić information content (AvgIpc) is 3.19. The summed E-state index contributed by atoms with van der Waals surface area (Å²) in [5.74, 6) is 1.94. The van der Waals surface area contributed by atoms with Crippen LogP contribution >= 0.6 is 0 Å². The molecule has 0 aromatic carbocycles. The van der Waals surface area contributed by atoms with Crippen LogP contribution in [0.2, 0.25) is 0 Å². The zero-order chi connectivity index (χ0) is 14.1. The second kappa shape index (κ2) is 5.42. The maximum absolute atomic E-state index is 5.42. The molecule has 1 aromatic heterocycles. The molecule has 0 radical (unpaired) electrons. The highest BCUT2D eigenvalue weighted by Gasteiger charge is 2.44. The van der Waals surface area contributed by atoms with Crippen LogP contribution in [-0.4, -0.2) is 61.4 Å². The van der Waals surface area contributed by atoms with Gasteiger partial charge < -0.3 is 19.9 Å². The lowest BCUT2D eigenvalue weighted by Crippen LogP contribution is -2.46. The lowest BCUT2D eigenvalue weighted by molar-refractivity contribution is 0.122. The van der Waals surface area contributed by atoms with Crippen molar-refractivity contribution < 1.29 is 4.74 Å². The molecule has 0 bridgehead atoms. The van der Waals surface area contributed by atoms with E-state index in [1.807, 2.05) is 12.3 Å². The Morgan fingerprint density at radius 3 is 2.90 bits per heavy atom. The fraction of sp³-hybridized carbons (Fsp3) is 0.733. The normalized spacial score (nSPS) is 29.5. The van der Waals surface area contributed by atoms with Crippen molar-refractivity contribution in [1.29, 1.82) is 0 Å². The van der Waals surface area contributed by atoms with E-state index in [4.69, 9.17) is 9.72 Å². The Labute approximate surface area is 125 Å². The van der Waals surface area contributed by atoms with Crippen LogP contribution < -0.4 is 15.1 Å². The largest absolute Gasteiger partial charge is 0.378 e. The standard InChI is InChI=1S/C15H23N5O/c1-3-15(4-6-16-12-15)20(7-1)14-17-5-2-13(18-14)19-8-10-21-11-9-19/h2,5,16H,1,3-4,6-12H2. The summed E-state index contributed by atoms with van der Waals surface area (Å²) in [6.45, 7) is 6.67. The second-order valence-corrected chi connectivity index (χ2v) is 6.22. The van der Waals surface area contributed by atoms with Crippen LogP contribution in [0.15, 0.2) is 12.3 Å². The number of morpholine rings is 1. The van der Waals surface area contributed by atoms with Gasteiger partial charge in [0, 0.05) is 32.4 Å². The summed E-state index contributed by atoms with van der Waals surface area (Å²) in [7, 11) is 0. The quantitative estimate of drug-likeness (QED) is 0.862. The Hall–Kier alpha value is -1.40. The van der Waals surface area contributed by atoms with E-state index >= 15 is 0 Å². The zero-order valence-corrected chi connectivity index (χ0v) is 12.4. The third-order valence-electron chi connectivity index (χ3n) is 5.02. The smallest absolute Gasteiger partial charge is 0.227 e. The molecule has 1 unspecified atom stereocenters. The number of rotatable bonds is 2. The van der Waals surface area contributed by atoms with Crippen molar-refractivity contribution in [1.82, 2.24) is 15.3 Å². The van der Waals surface area contributed by atoms with Gasteiger partial charge in [0.25, 0.3) is 0 Å². The minimum atomic E-state index is 0.254. The van der Waals surface area contributed by atoms with E-state index in [0.29, 0.717) is 0 Å². The van der Waals surface area contributed by atoms with Gasteiger partial charge in [-0.05, 0) is 31.9 Å². The summed E-state index contributed by atoms with van der Waals surface area (Å²) < 4.78 is 5.42. The van der Waals surface area contributed by atoms with Crippen molar-refractivity contribution in [3.05, 3.63) is 12.3 Å². The second-order valence-electron chi connectivity index (χ2n) is 6.22. The highest BCUT2D eigenvalue weighted by Crippen LogP contribution is 2.37. The highest BCUT2D eigenvalue weighted by atomic mass is 16.5. The first-order valence-electron chi connectivity index (χ1n) is 8.02. The molecule has 3 saturated heterocycles. The van der Waals surface area contributed by atoms with Gasteiger partial charge in [-0.2, -0.15) is 4.98 Å². The fourth-order valence-electron chi connectivity index (χ4n) is 3.86. The highest BCUT2D eigenvalue weighted by molar-refractivity contribution is 5.47. The molecule has 6 heteroatoms. The summed E-state index contributed by atoms with van der Waals surface area (Å²) in [5, 5.41) is 3.51. The molecule has 21 heavy (non-hydrogen) atoms. The van der Waals surface area contributed by atoms with Crippen LogP contribution in [0.4, 0.5) is 11.8 Å². The number of anilines is 2. The summed E-state index contributed by atoms with van der Waals surface area (Å²) in [5.41, 5.74) is 0.254. The molecule has 6 nitrogen and oxygen atoms in total. The van der Waals surface area contributed by atoms with Gasteiger partial charge in [0.2, 0.25) is 5.95 Å². The zero-order valence-electron chi connectivity index (χ0n) is 12.4. The van der Waals surface area contributed by atoms with E-state index < -0.39 is 0 Å². The van der Waals surface area contributed by atoms with Crippen molar-refractivity contribution in [3.63, 3.8) is 0 Å². The first-order chi connectivity index (χ1) is 10.4. The van der Waals surface area contributed by atoms with E-state index in [9.17, 15) is 0 Å². The maximum atomic E-state index is 5.42. The Morgan fingerprint density at radius 1 is 1.19 bits per heavy atom. The molecule has 1 aromatic rings. The number of nitrogens with zero attached hydrogens (tertiary/aromatic N) is 4. The molecule has 0 saturated carbocycles. The van der Waals surface area contributed by atoms with Gasteiger partial charge >= 0.3 is 0 Å². The SMILES string of the molecule is c1cc(N2CCOCC2)nc(N2CCCC23CCNC3)n1. The molecule has 1 atom stereocenters. The van der Waals surface area contributed by atoms with Gasteiger partial charge in [-0.15, -0.1) is 0 Å². The van der Waals surface area contributed by atoms with Gasteiger partial charge in [-0.25, -0.2) is 4.98 Å². The summed E-state index contributed by atoms with van der Waals surface area (Å²) in [6.07, 6.45) is 5.61. The molecular formula is C15H23N5O. The van der Waals surface area contributed by atoms with Gasteiger partial charge in [0.05, 0.1) is 18.8 Å². The van der Waals surface area contributed by atoms with E-state index in [1.54, 1.807) is 0 Å². The molecule has 0 aliphatic carbocycles. The van der Waals surface area contributed by atoms with Crippen LogP contribution in [-0.2, 0) is 4.74 Å². The fourth-order valence-corrected chi connectivity index (χ4v) is 3.86. The van der Waals surface area contributed by atoms with E-state index in [-0.39, 0.29) is 5.54 Å². The van der Waals surface area contributed by atoms with Gasteiger partial charge in [-0.3, -0.25) is 0 Å². The lowest BCUT2D eigenvalue weighted by atomic mass is 9.95. The van der Waals surface area contributed by atoms with Crippen LogP contribution in [0.1, 0.15) is 19.3 Å². The number of hydrogen-bond donors (Lipinski definition) is 1. The van der Waals surface area contributed by atoms with Crippen LogP contribution in [0.25, 0.3) is 0 Å². The number of nitrogens with one attached hydrogen (secondary N) is 1. The summed E-state index contributed by atoms with van der Waals surface area (Å²) in [6, 6.07) is 2.02. The van der Waals surface area contributed by atoms with Crippen molar-refractivity contribution in [2.24, 2.45) is 0 Å². The van der Waals surface area contributed by atoms with Crippen LogP contribution in [0.5, 0.6) is 0 Å². The van der Waals surface area contributed by atoms with Crippen molar-refractivity contribution >= 4 is 11.8 Å². The predicted molar refractivity (Wildman–Crippen MR) is 81.9 cm³/mol. The molecule has 0 amide bonds. The lowest BCUT2D eigenvalue weighted by Gasteiger charge is -2.35. The minimum absolute atomic E-state index is 0.254.